The van der Waals surface area contributed by atoms with Crippen LogP contribution in [-0.4, -0.2) is 38.2 Å². The van der Waals surface area contributed by atoms with E-state index in [1.165, 1.54) is 13.2 Å². The van der Waals surface area contributed by atoms with Gasteiger partial charge in [-0.15, -0.1) is 0 Å². The summed E-state index contributed by atoms with van der Waals surface area (Å²) in [6.45, 7) is 1.02. The van der Waals surface area contributed by atoms with Crippen molar-refractivity contribution in [1.82, 2.24) is 9.88 Å². The summed E-state index contributed by atoms with van der Waals surface area (Å²) in [7, 11) is 5.53. The molecule has 0 atom stereocenters. The van der Waals surface area contributed by atoms with Gasteiger partial charge in [-0.05, 0) is 38.2 Å². The minimum absolute atomic E-state index is 0.795. The van der Waals surface area contributed by atoms with Gasteiger partial charge in [0.25, 0.3) is 0 Å². The molecule has 1 radical (unpaired) electrons. The zero-order chi connectivity index (χ0) is 11.8. The van der Waals surface area contributed by atoms with Gasteiger partial charge in [-0.3, -0.25) is 0 Å². The average molecular weight is 229 g/mol. The predicted molar refractivity (Wildman–Crippen MR) is 67.6 cm³/mol. The van der Waals surface area contributed by atoms with Gasteiger partial charge in [0, 0.05) is 23.6 Å². The second-order valence-corrected chi connectivity index (χ2v) is 4.51. The number of aromatic nitrogens is 1. The molecule has 4 nitrogen and oxygen atoms in total. The number of H-pyrrole nitrogens is 1. The molecule has 3 rings (SSSR count). The Morgan fingerprint density at radius 3 is 3.00 bits per heavy atom. The summed E-state index contributed by atoms with van der Waals surface area (Å²) in [4.78, 5) is 5.45. The first-order valence-electron chi connectivity index (χ1n) is 5.68. The van der Waals surface area contributed by atoms with Crippen LogP contribution in [0.4, 0.5) is 0 Å². The van der Waals surface area contributed by atoms with Crippen molar-refractivity contribution in [2.75, 3.05) is 20.6 Å². The van der Waals surface area contributed by atoms with Crippen LogP contribution in [0.25, 0.3) is 10.9 Å². The Bertz CT molecular complexity index is 551. The molecule has 0 unspecified atom stereocenters. The molecule has 2 heterocycles. The molecule has 5 heteroatoms. The van der Waals surface area contributed by atoms with Crippen molar-refractivity contribution < 1.29 is 9.31 Å². The molecule has 0 fully saturated rings. The monoisotopic (exact) mass is 229 g/mol. The van der Waals surface area contributed by atoms with Crippen LogP contribution in [0.15, 0.2) is 18.3 Å². The van der Waals surface area contributed by atoms with Crippen LogP contribution in [0.1, 0.15) is 5.56 Å². The normalized spacial score (nSPS) is 13.4. The lowest BCUT2D eigenvalue weighted by atomic mass is 10.1. The van der Waals surface area contributed by atoms with Gasteiger partial charge >= 0.3 is 7.69 Å². The van der Waals surface area contributed by atoms with Gasteiger partial charge in [0.1, 0.15) is 5.75 Å². The number of fused-ring (bicyclic) bond motifs is 3. The van der Waals surface area contributed by atoms with Crippen molar-refractivity contribution in [2.24, 2.45) is 0 Å². The third kappa shape index (κ3) is 1.76. The molecule has 0 amide bonds. The highest BCUT2D eigenvalue weighted by atomic mass is 16.6. The summed E-state index contributed by atoms with van der Waals surface area (Å²) >= 11 is 0. The van der Waals surface area contributed by atoms with Gasteiger partial charge in [-0.2, -0.15) is 0 Å². The van der Waals surface area contributed by atoms with Crippen LogP contribution in [0.2, 0.25) is 0 Å². The van der Waals surface area contributed by atoms with Crippen molar-refractivity contribution in [1.29, 1.82) is 0 Å². The quantitative estimate of drug-likeness (QED) is 0.812. The van der Waals surface area contributed by atoms with Crippen LogP contribution in [0, 0.1) is 0 Å². The van der Waals surface area contributed by atoms with Gasteiger partial charge < -0.3 is 19.2 Å². The Morgan fingerprint density at radius 2 is 2.18 bits per heavy atom. The summed E-state index contributed by atoms with van der Waals surface area (Å²) in [5.74, 6) is 1.63. The maximum absolute atomic E-state index is 5.44. The van der Waals surface area contributed by atoms with Crippen molar-refractivity contribution >= 4 is 18.6 Å². The Morgan fingerprint density at radius 1 is 1.29 bits per heavy atom. The molecule has 2 aromatic rings. The number of aromatic amines is 1. The molecular formula is C12H14BN2O2. The topological polar surface area (TPSA) is 37.5 Å². The van der Waals surface area contributed by atoms with E-state index >= 15 is 0 Å². The number of hydrogen-bond donors (Lipinski definition) is 1. The van der Waals surface area contributed by atoms with E-state index in [-0.39, 0.29) is 0 Å². The molecule has 0 bridgehead atoms. The van der Waals surface area contributed by atoms with E-state index in [1.54, 1.807) is 0 Å². The van der Waals surface area contributed by atoms with E-state index in [1.807, 2.05) is 12.1 Å². The van der Waals surface area contributed by atoms with E-state index in [0.29, 0.717) is 0 Å². The van der Waals surface area contributed by atoms with Crippen molar-refractivity contribution in [2.45, 2.75) is 6.42 Å². The number of likely N-dealkylation sites (N-methyl/N-ethyl adjacent to an activating group) is 1. The third-order valence-corrected chi connectivity index (χ3v) is 3.01. The van der Waals surface area contributed by atoms with Crippen molar-refractivity contribution in [3.05, 3.63) is 23.9 Å². The second kappa shape index (κ2) is 4.00. The molecule has 1 N–H and O–H groups in total. The highest BCUT2D eigenvalue weighted by Gasteiger charge is 2.22. The van der Waals surface area contributed by atoms with Crippen LogP contribution in [-0.2, 0) is 6.42 Å². The van der Waals surface area contributed by atoms with E-state index in [2.05, 4.69) is 30.2 Å². The lowest BCUT2D eigenvalue weighted by molar-refractivity contribution is 0.414. The first-order valence-corrected chi connectivity index (χ1v) is 5.68. The highest BCUT2D eigenvalue weighted by Crippen LogP contribution is 2.40. The minimum atomic E-state index is 0.795. The fourth-order valence-corrected chi connectivity index (χ4v) is 2.11. The lowest BCUT2D eigenvalue weighted by Crippen LogP contribution is -2.14. The van der Waals surface area contributed by atoms with Gasteiger partial charge in [0.05, 0.1) is 0 Å². The highest BCUT2D eigenvalue weighted by molar-refractivity contribution is 6.24. The maximum atomic E-state index is 5.44. The number of nitrogens with zero attached hydrogens (tertiary/aromatic N) is 1. The zero-order valence-corrected chi connectivity index (χ0v) is 9.99. The van der Waals surface area contributed by atoms with E-state index < -0.39 is 0 Å². The van der Waals surface area contributed by atoms with Gasteiger partial charge in [0.15, 0.2) is 5.75 Å². The molecule has 0 saturated heterocycles. The summed E-state index contributed by atoms with van der Waals surface area (Å²) in [5.41, 5.74) is 2.36. The molecule has 1 aromatic heterocycles. The minimum Gasteiger partial charge on any atom is -0.524 e. The fourth-order valence-electron chi connectivity index (χ4n) is 2.11. The van der Waals surface area contributed by atoms with Crippen LogP contribution >= 0.6 is 0 Å². The third-order valence-electron chi connectivity index (χ3n) is 3.01. The first kappa shape index (κ1) is 10.5. The van der Waals surface area contributed by atoms with Crippen LogP contribution in [0.5, 0.6) is 11.5 Å². The van der Waals surface area contributed by atoms with Crippen molar-refractivity contribution in [3.8, 4) is 11.5 Å². The molecule has 1 aromatic carbocycles. The molecule has 0 aliphatic carbocycles. The molecule has 17 heavy (non-hydrogen) atoms. The summed E-state index contributed by atoms with van der Waals surface area (Å²) in [6, 6.07) is 3.95. The van der Waals surface area contributed by atoms with Gasteiger partial charge in [-0.1, -0.05) is 0 Å². The molecule has 87 valence electrons. The standard InChI is InChI=1S/C12H14BN2O2/c1-15(2)6-5-8-7-14-9-3-4-10-12(11(8)9)17-13-16-10/h3-4,7,14H,5-6H2,1-2H3. The summed E-state index contributed by atoms with van der Waals surface area (Å²) < 4.78 is 10.7. The lowest BCUT2D eigenvalue weighted by Gasteiger charge is -2.09. The molecule has 0 spiro atoms. The van der Waals surface area contributed by atoms with E-state index in [9.17, 15) is 0 Å². The zero-order valence-electron chi connectivity index (χ0n) is 9.99. The SMILES string of the molecule is CN(C)CCc1c[nH]c2ccc3c(c12)O[B]O3. The Kier molecular flexibility index (Phi) is 2.48. The smallest absolute Gasteiger partial charge is 0.524 e. The Hall–Kier alpha value is -1.62. The first-order chi connectivity index (χ1) is 8.25. The largest absolute Gasteiger partial charge is 0.658 e. The molecule has 1 aliphatic rings. The number of hydrogen-bond acceptors (Lipinski definition) is 3. The number of nitrogens with one attached hydrogen (secondary N) is 1. The van der Waals surface area contributed by atoms with E-state index in [0.717, 1.165) is 35.4 Å². The fraction of sp³-hybridized carbons (Fsp3) is 0.333. The molecule has 1 aliphatic heterocycles. The Balaban J connectivity index is 2.04. The van der Waals surface area contributed by atoms with E-state index in [4.69, 9.17) is 9.31 Å². The summed E-state index contributed by atoms with van der Waals surface area (Å²) in [5, 5.41) is 1.14. The second-order valence-electron chi connectivity index (χ2n) is 4.51. The van der Waals surface area contributed by atoms with Gasteiger partial charge in [-0.25, -0.2) is 0 Å². The maximum Gasteiger partial charge on any atom is 0.658 e. The molecular weight excluding hydrogens is 215 g/mol. The summed E-state index contributed by atoms with van der Waals surface area (Å²) in [6.07, 6.45) is 3.04. The van der Waals surface area contributed by atoms with Crippen LogP contribution < -0.4 is 9.31 Å². The van der Waals surface area contributed by atoms with Gasteiger partial charge in [0.2, 0.25) is 0 Å². The van der Waals surface area contributed by atoms with Crippen LogP contribution in [0.3, 0.4) is 0 Å². The number of benzene rings is 1. The Labute approximate surface area is 101 Å². The average Bonchev–Trinajstić information content (AvgIpc) is 2.91. The number of rotatable bonds is 3. The van der Waals surface area contributed by atoms with Crippen molar-refractivity contribution in [3.63, 3.8) is 0 Å². The molecule has 0 saturated carbocycles. The predicted octanol–water partition coefficient (Wildman–Crippen LogP) is 1.58.